The summed E-state index contributed by atoms with van der Waals surface area (Å²) >= 11 is 1.41. The second-order valence-corrected chi connectivity index (χ2v) is 5.84. The van der Waals surface area contributed by atoms with E-state index >= 15 is 0 Å². The van der Waals surface area contributed by atoms with Gasteiger partial charge in [0.15, 0.2) is 0 Å². The van der Waals surface area contributed by atoms with Crippen LogP contribution in [0.25, 0.3) is 0 Å². The lowest BCUT2D eigenvalue weighted by Crippen LogP contribution is -2.36. The number of anilines is 1. The van der Waals surface area contributed by atoms with Crippen LogP contribution < -0.4 is 15.0 Å². The molecule has 1 aliphatic heterocycles. The van der Waals surface area contributed by atoms with E-state index in [1.807, 2.05) is 17.5 Å². The van der Waals surface area contributed by atoms with Gasteiger partial charge in [0.2, 0.25) is 5.88 Å². The molecule has 0 atom stereocenters. The lowest BCUT2D eigenvalue weighted by Gasteiger charge is -2.27. The summed E-state index contributed by atoms with van der Waals surface area (Å²) in [6, 6.07) is 5.45. The quantitative estimate of drug-likeness (QED) is 0.800. The number of rotatable bonds is 6. The lowest BCUT2D eigenvalue weighted by molar-refractivity contribution is 0.0950. The van der Waals surface area contributed by atoms with Gasteiger partial charge in [-0.1, -0.05) is 6.07 Å². The summed E-state index contributed by atoms with van der Waals surface area (Å²) in [5, 5.41) is 4.68. The van der Waals surface area contributed by atoms with Gasteiger partial charge in [-0.3, -0.25) is 4.79 Å². The summed E-state index contributed by atoms with van der Waals surface area (Å²) in [7, 11) is 0. The maximum absolute atomic E-state index is 11.8. The zero-order chi connectivity index (χ0) is 15.9. The molecule has 1 saturated heterocycles. The molecule has 1 aliphatic rings. The Morgan fingerprint density at radius 1 is 1.39 bits per heavy atom. The van der Waals surface area contributed by atoms with Crippen molar-refractivity contribution in [3.63, 3.8) is 0 Å². The SMILES string of the molecule is O=C(NCCOc1cc(N2CCOCC2)ncn1)c1cccs1. The molecule has 1 amide bonds. The first-order chi connectivity index (χ1) is 11.3. The number of hydrogen-bond donors (Lipinski definition) is 1. The molecule has 0 unspecified atom stereocenters. The maximum atomic E-state index is 11.8. The lowest BCUT2D eigenvalue weighted by atomic mass is 10.4. The van der Waals surface area contributed by atoms with Crippen LogP contribution in [0.5, 0.6) is 5.88 Å². The summed E-state index contributed by atoms with van der Waals surface area (Å²) in [4.78, 5) is 23.0. The van der Waals surface area contributed by atoms with Crippen molar-refractivity contribution in [3.05, 3.63) is 34.8 Å². The molecule has 23 heavy (non-hydrogen) atoms. The predicted molar refractivity (Wildman–Crippen MR) is 87.2 cm³/mol. The van der Waals surface area contributed by atoms with Crippen LogP contribution in [0.4, 0.5) is 5.82 Å². The van der Waals surface area contributed by atoms with E-state index in [4.69, 9.17) is 9.47 Å². The number of carbonyl (C=O) groups excluding carboxylic acids is 1. The second-order valence-electron chi connectivity index (χ2n) is 4.90. The molecule has 2 aromatic rings. The van der Waals surface area contributed by atoms with Gasteiger partial charge in [0.25, 0.3) is 5.91 Å². The number of nitrogens with zero attached hydrogens (tertiary/aromatic N) is 3. The summed E-state index contributed by atoms with van der Waals surface area (Å²) in [5.41, 5.74) is 0. The zero-order valence-electron chi connectivity index (χ0n) is 12.6. The molecule has 0 aromatic carbocycles. The average Bonchev–Trinajstić information content (AvgIpc) is 3.14. The molecule has 8 heteroatoms. The smallest absolute Gasteiger partial charge is 0.261 e. The minimum absolute atomic E-state index is 0.0831. The zero-order valence-corrected chi connectivity index (χ0v) is 13.4. The summed E-state index contributed by atoms with van der Waals surface area (Å²) < 4.78 is 10.9. The number of nitrogens with one attached hydrogen (secondary N) is 1. The molecule has 0 bridgehead atoms. The third-order valence-corrected chi connectivity index (χ3v) is 4.21. The van der Waals surface area contributed by atoms with E-state index in [1.165, 1.54) is 17.7 Å². The Morgan fingerprint density at radius 3 is 3.04 bits per heavy atom. The number of hydrogen-bond acceptors (Lipinski definition) is 7. The third-order valence-electron chi connectivity index (χ3n) is 3.35. The van der Waals surface area contributed by atoms with Gasteiger partial charge in [-0.25, -0.2) is 9.97 Å². The molecule has 1 N–H and O–H groups in total. The fourth-order valence-electron chi connectivity index (χ4n) is 2.19. The van der Waals surface area contributed by atoms with Crippen LogP contribution in [0.2, 0.25) is 0 Å². The van der Waals surface area contributed by atoms with E-state index in [0.717, 1.165) is 18.9 Å². The summed E-state index contributed by atoms with van der Waals surface area (Å²) in [6.07, 6.45) is 1.49. The van der Waals surface area contributed by atoms with Crippen molar-refractivity contribution < 1.29 is 14.3 Å². The first-order valence-corrected chi connectivity index (χ1v) is 8.30. The molecule has 122 valence electrons. The van der Waals surface area contributed by atoms with E-state index in [2.05, 4.69) is 20.2 Å². The molecule has 0 radical (unpaired) electrons. The van der Waals surface area contributed by atoms with E-state index in [9.17, 15) is 4.79 Å². The molecule has 3 heterocycles. The van der Waals surface area contributed by atoms with E-state index in [0.29, 0.717) is 37.1 Å². The topological polar surface area (TPSA) is 76.6 Å². The van der Waals surface area contributed by atoms with Crippen LogP contribution in [0.15, 0.2) is 29.9 Å². The summed E-state index contributed by atoms with van der Waals surface area (Å²) in [5.74, 6) is 1.26. The van der Waals surface area contributed by atoms with Gasteiger partial charge in [-0.2, -0.15) is 0 Å². The van der Waals surface area contributed by atoms with E-state index in [-0.39, 0.29) is 5.91 Å². The van der Waals surface area contributed by atoms with E-state index < -0.39 is 0 Å². The monoisotopic (exact) mass is 334 g/mol. The Bertz CT molecular complexity index is 629. The normalized spacial score (nSPS) is 14.5. The number of thiophene rings is 1. The van der Waals surface area contributed by atoms with Gasteiger partial charge < -0.3 is 19.7 Å². The molecule has 7 nitrogen and oxygen atoms in total. The fourth-order valence-corrected chi connectivity index (χ4v) is 2.83. The van der Waals surface area contributed by atoms with Crippen molar-refractivity contribution in [1.29, 1.82) is 0 Å². The summed E-state index contributed by atoms with van der Waals surface area (Å²) in [6.45, 7) is 3.81. The highest BCUT2D eigenvalue weighted by atomic mass is 32.1. The highest BCUT2D eigenvalue weighted by Gasteiger charge is 2.13. The largest absolute Gasteiger partial charge is 0.476 e. The molecule has 2 aromatic heterocycles. The van der Waals surface area contributed by atoms with Gasteiger partial charge in [-0.05, 0) is 11.4 Å². The van der Waals surface area contributed by atoms with Crippen molar-refractivity contribution in [2.24, 2.45) is 0 Å². The van der Waals surface area contributed by atoms with Crippen molar-refractivity contribution in [2.75, 3.05) is 44.4 Å². The third kappa shape index (κ3) is 4.40. The Labute approximate surface area is 138 Å². The molecular formula is C15H18N4O3S. The second kappa shape index (κ2) is 7.89. The molecular weight excluding hydrogens is 316 g/mol. The highest BCUT2D eigenvalue weighted by Crippen LogP contribution is 2.16. The number of amides is 1. The first kappa shape index (κ1) is 15.7. The van der Waals surface area contributed by atoms with Crippen LogP contribution in [-0.4, -0.2) is 55.3 Å². The Hall–Kier alpha value is -2.19. The van der Waals surface area contributed by atoms with Crippen molar-refractivity contribution in [1.82, 2.24) is 15.3 Å². The van der Waals surface area contributed by atoms with Gasteiger partial charge in [-0.15, -0.1) is 11.3 Å². The van der Waals surface area contributed by atoms with Crippen LogP contribution in [0, 0.1) is 0 Å². The Balaban J connectivity index is 1.45. The minimum Gasteiger partial charge on any atom is -0.476 e. The van der Waals surface area contributed by atoms with Gasteiger partial charge in [0.1, 0.15) is 18.8 Å². The fraction of sp³-hybridized carbons (Fsp3) is 0.400. The maximum Gasteiger partial charge on any atom is 0.261 e. The van der Waals surface area contributed by atoms with Crippen LogP contribution in [0.3, 0.4) is 0 Å². The standard InChI is InChI=1S/C15H18N4O3S/c20-15(12-2-1-9-23-12)16-3-6-22-14-10-13(17-11-18-14)19-4-7-21-8-5-19/h1-2,9-11H,3-8H2,(H,16,20). The molecule has 0 aliphatic carbocycles. The van der Waals surface area contributed by atoms with Gasteiger partial charge >= 0.3 is 0 Å². The van der Waals surface area contributed by atoms with Crippen LogP contribution in [0.1, 0.15) is 9.67 Å². The minimum atomic E-state index is -0.0831. The Morgan fingerprint density at radius 2 is 2.26 bits per heavy atom. The van der Waals surface area contributed by atoms with Gasteiger partial charge in [0, 0.05) is 19.2 Å². The molecule has 0 saturated carbocycles. The number of carbonyl (C=O) groups is 1. The predicted octanol–water partition coefficient (Wildman–Crippen LogP) is 1.18. The molecule has 1 fully saturated rings. The van der Waals surface area contributed by atoms with Crippen molar-refractivity contribution in [3.8, 4) is 5.88 Å². The average molecular weight is 334 g/mol. The first-order valence-electron chi connectivity index (χ1n) is 7.42. The molecule has 3 rings (SSSR count). The number of morpholine rings is 1. The number of ether oxygens (including phenoxy) is 2. The van der Waals surface area contributed by atoms with Crippen molar-refractivity contribution in [2.45, 2.75) is 0 Å². The van der Waals surface area contributed by atoms with Crippen molar-refractivity contribution >= 4 is 23.1 Å². The number of aromatic nitrogens is 2. The van der Waals surface area contributed by atoms with E-state index in [1.54, 1.807) is 6.07 Å². The van der Waals surface area contributed by atoms with Gasteiger partial charge in [0.05, 0.1) is 24.6 Å². The Kier molecular flexibility index (Phi) is 5.38. The molecule has 0 spiro atoms. The highest BCUT2D eigenvalue weighted by molar-refractivity contribution is 7.12. The van der Waals surface area contributed by atoms with Crippen LogP contribution in [-0.2, 0) is 4.74 Å². The van der Waals surface area contributed by atoms with Crippen LogP contribution >= 0.6 is 11.3 Å².